The first-order valence-corrected chi connectivity index (χ1v) is 3.65. The first-order chi connectivity index (χ1) is 6.74. The van der Waals surface area contributed by atoms with Crippen LogP contribution in [0.15, 0.2) is 17.4 Å². The van der Waals surface area contributed by atoms with Crippen molar-refractivity contribution in [2.45, 2.75) is 0 Å². The minimum absolute atomic E-state index is 0.0735. The molecule has 0 spiro atoms. The predicted octanol–water partition coefficient (Wildman–Crippen LogP) is 1.37. The van der Waals surface area contributed by atoms with E-state index >= 15 is 0 Å². The van der Waals surface area contributed by atoms with Gasteiger partial charge in [-0.15, -0.1) is 0 Å². The number of carboxylic acids is 1. The van der Waals surface area contributed by atoms with E-state index in [-0.39, 0.29) is 12.2 Å². The van der Waals surface area contributed by atoms with Crippen molar-refractivity contribution in [3.8, 4) is 11.8 Å². The topological polar surface area (TPSA) is 102 Å². The van der Waals surface area contributed by atoms with Crippen molar-refractivity contribution in [3.63, 3.8) is 0 Å². The molecule has 0 saturated carbocycles. The molecule has 1 aromatic rings. The number of nitrogens with zero attached hydrogens (tertiary/aromatic N) is 3. The van der Waals surface area contributed by atoms with Crippen LogP contribution in [-0.4, -0.2) is 22.6 Å². The van der Waals surface area contributed by atoms with Crippen LogP contribution in [0.4, 0.5) is 0 Å². The molecule has 14 heavy (non-hydrogen) atoms. The molecule has 1 aromatic heterocycles. The molecule has 6 nitrogen and oxygen atoms in total. The molecule has 2 N–H and O–H groups in total. The summed E-state index contributed by atoms with van der Waals surface area (Å²) >= 11 is 0. The molecular weight excluding hydrogens is 184 g/mol. The van der Waals surface area contributed by atoms with E-state index in [2.05, 4.69) is 26.9 Å². The van der Waals surface area contributed by atoms with Crippen LogP contribution in [0.1, 0.15) is 16.1 Å². The van der Waals surface area contributed by atoms with Gasteiger partial charge in [-0.25, -0.2) is 4.79 Å². The summed E-state index contributed by atoms with van der Waals surface area (Å²) in [5.74, 6) is 4.18. The number of nitrogens with one attached hydrogen (secondary N) is 1. The highest BCUT2D eigenvalue weighted by atomic mass is 16.4. The third-order valence-corrected chi connectivity index (χ3v) is 1.36. The summed E-state index contributed by atoms with van der Waals surface area (Å²) in [6.45, 7) is 0.0735. The fourth-order valence-corrected chi connectivity index (χ4v) is 0.799. The SMILES string of the molecule is [N-]=[N+]=NCC#Cc1c[nH]c(C(=O)O)c1. The summed E-state index contributed by atoms with van der Waals surface area (Å²) in [5.41, 5.74) is 8.58. The Bertz CT molecular complexity index is 445. The summed E-state index contributed by atoms with van der Waals surface area (Å²) in [6.07, 6.45) is 1.48. The molecule has 0 aliphatic rings. The molecule has 70 valence electrons. The maximum absolute atomic E-state index is 10.4. The smallest absolute Gasteiger partial charge is 0.352 e. The van der Waals surface area contributed by atoms with Crippen LogP contribution in [0, 0.1) is 11.8 Å². The Kier molecular flexibility index (Phi) is 3.19. The van der Waals surface area contributed by atoms with Gasteiger partial charge in [0.05, 0.1) is 6.54 Å². The number of hydrogen-bond acceptors (Lipinski definition) is 2. The van der Waals surface area contributed by atoms with E-state index in [1.54, 1.807) is 0 Å². The molecule has 1 rings (SSSR count). The number of H-pyrrole nitrogens is 1. The van der Waals surface area contributed by atoms with Crippen molar-refractivity contribution in [2.24, 2.45) is 5.11 Å². The average Bonchev–Trinajstić information content (AvgIpc) is 2.61. The molecule has 0 radical (unpaired) electrons. The Hall–Kier alpha value is -2.38. The predicted molar refractivity (Wildman–Crippen MR) is 48.6 cm³/mol. The van der Waals surface area contributed by atoms with Gasteiger partial charge in [-0.05, 0) is 11.6 Å². The first kappa shape index (κ1) is 9.71. The molecule has 0 aliphatic carbocycles. The van der Waals surface area contributed by atoms with Crippen molar-refractivity contribution in [2.75, 3.05) is 6.54 Å². The largest absolute Gasteiger partial charge is 0.477 e. The molecule has 0 aliphatic heterocycles. The molecule has 6 heteroatoms. The van der Waals surface area contributed by atoms with Gasteiger partial charge < -0.3 is 10.1 Å². The highest BCUT2D eigenvalue weighted by Crippen LogP contribution is 2.01. The van der Waals surface area contributed by atoms with Crippen LogP contribution in [0.25, 0.3) is 10.4 Å². The Morgan fingerprint density at radius 1 is 1.79 bits per heavy atom. The van der Waals surface area contributed by atoms with Crippen molar-refractivity contribution in [3.05, 3.63) is 34.0 Å². The summed E-state index contributed by atoms with van der Waals surface area (Å²) in [6, 6.07) is 1.41. The molecule has 0 amide bonds. The van der Waals surface area contributed by atoms with Crippen LogP contribution in [0.5, 0.6) is 0 Å². The lowest BCUT2D eigenvalue weighted by molar-refractivity contribution is 0.0691. The van der Waals surface area contributed by atoms with Crippen LogP contribution in [-0.2, 0) is 0 Å². The third-order valence-electron chi connectivity index (χ3n) is 1.36. The zero-order valence-electron chi connectivity index (χ0n) is 7.06. The second-order valence-electron chi connectivity index (χ2n) is 2.30. The maximum atomic E-state index is 10.4. The normalized spacial score (nSPS) is 8.29. The van der Waals surface area contributed by atoms with Gasteiger partial charge >= 0.3 is 5.97 Å². The number of aromatic carboxylic acids is 1. The maximum Gasteiger partial charge on any atom is 0.352 e. The van der Waals surface area contributed by atoms with Crippen LogP contribution in [0.2, 0.25) is 0 Å². The number of aromatic amines is 1. The molecular formula is C8H6N4O2. The highest BCUT2D eigenvalue weighted by molar-refractivity contribution is 5.86. The summed E-state index contributed by atoms with van der Waals surface area (Å²) in [5, 5.41) is 11.8. The Balaban J connectivity index is 2.71. The molecule has 0 saturated heterocycles. The average molecular weight is 190 g/mol. The molecule has 0 fully saturated rings. The van der Waals surface area contributed by atoms with E-state index in [9.17, 15) is 4.79 Å². The lowest BCUT2D eigenvalue weighted by atomic mass is 10.3. The standard InChI is InChI=1S/C8H6N4O2/c9-12-11-3-1-2-6-4-7(8(13)14)10-5-6/h4-5,10H,3H2,(H,13,14). The van der Waals surface area contributed by atoms with Crippen LogP contribution >= 0.6 is 0 Å². The van der Waals surface area contributed by atoms with Crippen LogP contribution < -0.4 is 0 Å². The van der Waals surface area contributed by atoms with E-state index in [1.165, 1.54) is 12.3 Å². The minimum Gasteiger partial charge on any atom is -0.477 e. The number of aromatic nitrogens is 1. The Labute approximate surface area is 79.2 Å². The lowest BCUT2D eigenvalue weighted by Gasteiger charge is -1.81. The second kappa shape index (κ2) is 4.60. The zero-order valence-corrected chi connectivity index (χ0v) is 7.06. The van der Waals surface area contributed by atoms with Crippen molar-refractivity contribution >= 4 is 5.97 Å². The monoisotopic (exact) mass is 190 g/mol. The fourth-order valence-electron chi connectivity index (χ4n) is 0.799. The fraction of sp³-hybridized carbons (Fsp3) is 0.125. The Morgan fingerprint density at radius 2 is 2.57 bits per heavy atom. The number of rotatable bonds is 2. The molecule has 1 heterocycles. The summed E-state index contributed by atoms with van der Waals surface area (Å²) < 4.78 is 0. The zero-order chi connectivity index (χ0) is 10.4. The summed E-state index contributed by atoms with van der Waals surface area (Å²) in [4.78, 5) is 15.5. The number of carbonyl (C=O) groups is 1. The lowest BCUT2D eigenvalue weighted by Crippen LogP contribution is -1.94. The van der Waals surface area contributed by atoms with E-state index < -0.39 is 5.97 Å². The van der Waals surface area contributed by atoms with Crippen molar-refractivity contribution in [1.82, 2.24) is 4.98 Å². The highest BCUT2D eigenvalue weighted by Gasteiger charge is 2.03. The minimum atomic E-state index is -1.03. The molecule has 0 atom stereocenters. The number of azide groups is 1. The van der Waals surface area contributed by atoms with E-state index in [0.29, 0.717) is 5.56 Å². The molecule has 0 aromatic carbocycles. The van der Waals surface area contributed by atoms with Crippen molar-refractivity contribution in [1.29, 1.82) is 0 Å². The van der Waals surface area contributed by atoms with Gasteiger partial charge in [0, 0.05) is 16.7 Å². The van der Waals surface area contributed by atoms with Crippen LogP contribution in [0.3, 0.4) is 0 Å². The molecule has 0 unspecified atom stereocenters. The third kappa shape index (κ3) is 2.59. The van der Waals surface area contributed by atoms with Crippen molar-refractivity contribution < 1.29 is 9.90 Å². The van der Waals surface area contributed by atoms with Gasteiger partial charge in [0.1, 0.15) is 5.69 Å². The number of hydrogen-bond donors (Lipinski definition) is 2. The van der Waals surface area contributed by atoms with Gasteiger partial charge in [-0.2, -0.15) is 0 Å². The Morgan fingerprint density at radius 3 is 3.14 bits per heavy atom. The van der Waals surface area contributed by atoms with Gasteiger partial charge in [-0.3, -0.25) is 0 Å². The van der Waals surface area contributed by atoms with Gasteiger partial charge in [0.25, 0.3) is 0 Å². The van der Waals surface area contributed by atoms with E-state index in [0.717, 1.165) is 0 Å². The van der Waals surface area contributed by atoms with E-state index in [4.69, 9.17) is 10.6 Å². The van der Waals surface area contributed by atoms with Gasteiger partial charge in [-0.1, -0.05) is 17.0 Å². The van der Waals surface area contributed by atoms with E-state index in [1.807, 2.05) is 0 Å². The first-order valence-electron chi connectivity index (χ1n) is 3.65. The van der Waals surface area contributed by atoms with Gasteiger partial charge in [0.2, 0.25) is 0 Å². The molecule has 0 bridgehead atoms. The second-order valence-corrected chi connectivity index (χ2v) is 2.30. The summed E-state index contributed by atoms with van der Waals surface area (Å²) in [7, 11) is 0. The van der Waals surface area contributed by atoms with Gasteiger partial charge in [0.15, 0.2) is 0 Å². The number of carboxylic acid groups (broad SMARTS) is 1. The quantitative estimate of drug-likeness (QED) is 0.318.